The van der Waals surface area contributed by atoms with Gasteiger partial charge in [0.2, 0.25) is 11.8 Å². The fourth-order valence-electron chi connectivity index (χ4n) is 2.97. The summed E-state index contributed by atoms with van der Waals surface area (Å²) in [5.41, 5.74) is 5.20. The topological polar surface area (TPSA) is 72.2 Å². The highest BCUT2D eigenvalue weighted by atomic mass is 16.2. The first-order chi connectivity index (χ1) is 9.47. The van der Waals surface area contributed by atoms with Crippen LogP contribution in [0.25, 0.3) is 0 Å². The summed E-state index contributed by atoms with van der Waals surface area (Å²) in [6.07, 6.45) is 0. The van der Waals surface area contributed by atoms with E-state index >= 15 is 0 Å². The molecule has 0 unspecified atom stereocenters. The van der Waals surface area contributed by atoms with E-state index in [4.69, 9.17) is 5.73 Å². The molecule has 0 heterocycles. The Labute approximate surface area is 131 Å². The highest BCUT2D eigenvalue weighted by molar-refractivity contribution is 5.78. The molecule has 0 rings (SSSR count). The van der Waals surface area contributed by atoms with Crippen molar-refractivity contribution in [2.24, 2.45) is 41.2 Å². The quantitative estimate of drug-likeness (QED) is 0.791. The zero-order valence-corrected chi connectivity index (χ0v) is 15.4. The SMILES string of the molecule is CC(C)C(C(N)=O)C(C)C.CNC(=O)C(C(C)C)C(C)C. The molecule has 21 heavy (non-hydrogen) atoms. The first-order valence-corrected chi connectivity index (χ1v) is 7.98. The smallest absolute Gasteiger partial charge is 0.223 e. The van der Waals surface area contributed by atoms with Gasteiger partial charge in [0.1, 0.15) is 0 Å². The number of nitrogens with one attached hydrogen (secondary N) is 1. The highest BCUT2D eigenvalue weighted by Gasteiger charge is 2.24. The normalized spacial score (nSPS) is 11.4. The molecule has 0 saturated heterocycles. The van der Waals surface area contributed by atoms with E-state index in [1.807, 2.05) is 27.7 Å². The molecule has 0 atom stereocenters. The Kier molecular flexibility index (Phi) is 11.3. The van der Waals surface area contributed by atoms with Crippen molar-refractivity contribution in [3.8, 4) is 0 Å². The summed E-state index contributed by atoms with van der Waals surface area (Å²) in [7, 11) is 1.69. The van der Waals surface area contributed by atoms with Gasteiger partial charge in [0.05, 0.1) is 0 Å². The van der Waals surface area contributed by atoms with Crippen molar-refractivity contribution in [3.63, 3.8) is 0 Å². The highest BCUT2D eigenvalue weighted by Crippen LogP contribution is 2.20. The summed E-state index contributed by atoms with van der Waals surface area (Å²) in [5.74, 6) is 1.74. The van der Waals surface area contributed by atoms with Crippen LogP contribution in [0.2, 0.25) is 0 Å². The van der Waals surface area contributed by atoms with Crippen LogP contribution in [0.15, 0.2) is 0 Å². The molecule has 0 radical (unpaired) electrons. The van der Waals surface area contributed by atoms with E-state index in [1.54, 1.807) is 7.05 Å². The van der Waals surface area contributed by atoms with Gasteiger partial charge in [-0.05, 0) is 23.7 Å². The number of hydrogen-bond donors (Lipinski definition) is 2. The fourth-order valence-corrected chi connectivity index (χ4v) is 2.97. The van der Waals surface area contributed by atoms with Gasteiger partial charge < -0.3 is 11.1 Å². The van der Waals surface area contributed by atoms with E-state index in [0.29, 0.717) is 23.7 Å². The number of amides is 2. The molecule has 0 aromatic carbocycles. The molecule has 0 bridgehead atoms. The molecule has 0 aliphatic rings. The molecule has 126 valence electrons. The average Bonchev–Trinajstić information content (AvgIpc) is 2.26. The Morgan fingerprint density at radius 2 is 1.00 bits per heavy atom. The van der Waals surface area contributed by atoms with Crippen molar-refractivity contribution in [3.05, 3.63) is 0 Å². The fraction of sp³-hybridized carbons (Fsp3) is 0.882. The largest absolute Gasteiger partial charge is 0.369 e. The summed E-state index contributed by atoms with van der Waals surface area (Å²) in [4.78, 5) is 22.1. The van der Waals surface area contributed by atoms with Crippen molar-refractivity contribution < 1.29 is 9.59 Å². The minimum Gasteiger partial charge on any atom is -0.369 e. The molecular weight excluding hydrogens is 264 g/mol. The standard InChI is InChI=1S/C9H19NO.C8H17NO/c1-6(2)8(7(3)4)9(11)10-5;1-5(2)7(6(3)4)8(9)10/h6-8H,1-5H3,(H,10,11);5-7H,1-4H3,(H2,9,10). The van der Waals surface area contributed by atoms with Crippen LogP contribution in [0, 0.1) is 35.5 Å². The van der Waals surface area contributed by atoms with Crippen LogP contribution < -0.4 is 11.1 Å². The van der Waals surface area contributed by atoms with Crippen molar-refractivity contribution in [2.75, 3.05) is 7.05 Å². The van der Waals surface area contributed by atoms with E-state index in [2.05, 4.69) is 33.0 Å². The summed E-state index contributed by atoms with van der Waals surface area (Å²) >= 11 is 0. The van der Waals surface area contributed by atoms with E-state index in [9.17, 15) is 9.59 Å². The Morgan fingerprint density at radius 3 is 1.05 bits per heavy atom. The van der Waals surface area contributed by atoms with Gasteiger partial charge in [0.25, 0.3) is 0 Å². The second-order valence-corrected chi connectivity index (χ2v) is 7.04. The van der Waals surface area contributed by atoms with Crippen molar-refractivity contribution >= 4 is 11.8 Å². The van der Waals surface area contributed by atoms with Crippen molar-refractivity contribution in [1.29, 1.82) is 0 Å². The van der Waals surface area contributed by atoms with E-state index < -0.39 is 0 Å². The Balaban J connectivity index is 0. The van der Waals surface area contributed by atoms with E-state index in [-0.39, 0.29) is 23.7 Å². The van der Waals surface area contributed by atoms with Gasteiger partial charge in [-0.25, -0.2) is 0 Å². The molecule has 0 aliphatic carbocycles. The Morgan fingerprint density at radius 1 is 0.714 bits per heavy atom. The maximum Gasteiger partial charge on any atom is 0.223 e. The number of carbonyl (C=O) groups is 2. The lowest BCUT2D eigenvalue weighted by Crippen LogP contribution is -2.34. The maximum atomic E-state index is 11.3. The van der Waals surface area contributed by atoms with Crippen LogP contribution in [-0.2, 0) is 9.59 Å². The van der Waals surface area contributed by atoms with Crippen LogP contribution >= 0.6 is 0 Å². The molecular formula is C17H36N2O2. The summed E-state index contributed by atoms with van der Waals surface area (Å²) < 4.78 is 0. The van der Waals surface area contributed by atoms with Crippen molar-refractivity contribution in [1.82, 2.24) is 5.32 Å². The van der Waals surface area contributed by atoms with Crippen molar-refractivity contribution in [2.45, 2.75) is 55.4 Å². The lowest BCUT2D eigenvalue weighted by molar-refractivity contribution is -0.127. The van der Waals surface area contributed by atoms with Gasteiger partial charge in [-0.3, -0.25) is 9.59 Å². The molecule has 0 aromatic heterocycles. The lowest BCUT2D eigenvalue weighted by Gasteiger charge is -2.22. The Hall–Kier alpha value is -1.06. The number of primary amides is 1. The average molecular weight is 300 g/mol. The molecule has 0 saturated carbocycles. The van der Waals surface area contributed by atoms with Crippen LogP contribution in [0.4, 0.5) is 0 Å². The molecule has 0 spiro atoms. The lowest BCUT2D eigenvalue weighted by atomic mass is 9.85. The maximum absolute atomic E-state index is 11.3. The molecule has 4 nitrogen and oxygen atoms in total. The second kappa shape index (κ2) is 10.6. The van der Waals surface area contributed by atoms with E-state index in [0.717, 1.165) is 0 Å². The van der Waals surface area contributed by atoms with Crippen LogP contribution in [0.3, 0.4) is 0 Å². The van der Waals surface area contributed by atoms with Crippen LogP contribution in [-0.4, -0.2) is 18.9 Å². The first-order valence-electron chi connectivity index (χ1n) is 7.98. The number of carbonyl (C=O) groups excluding carboxylic acids is 2. The third-order valence-electron chi connectivity index (χ3n) is 3.75. The molecule has 2 amide bonds. The van der Waals surface area contributed by atoms with Gasteiger partial charge in [0.15, 0.2) is 0 Å². The molecule has 0 aliphatic heterocycles. The predicted molar refractivity (Wildman–Crippen MR) is 89.6 cm³/mol. The Bertz CT molecular complexity index is 294. The second-order valence-electron chi connectivity index (χ2n) is 7.04. The first kappa shape index (κ1) is 22.2. The van der Waals surface area contributed by atoms with Gasteiger partial charge in [-0.2, -0.15) is 0 Å². The van der Waals surface area contributed by atoms with Gasteiger partial charge in [0, 0.05) is 18.9 Å². The number of nitrogens with two attached hydrogens (primary N) is 1. The van der Waals surface area contributed by atoms with Gasteiger partial charge >= 0.3 is 0 Å². The molecule has 0 fully saturated rings. The minimum atomic E-state index is -0.176. The third-order valence-corrected chi connectivity index (χ3v) is 3.75. The summed E-state index contributed by atoms with van der Waals surface area (Å²) in [6.45, 7) is 16.4. The third kappa shape index (κ3) is 8.74. The monoisotopic (exact) mass is 300 g/mol. The van der Waals surface area contributed by atoms with Gasteiger partial charge in [-0.15, -0.1) is 0 Å². The molecule has 0 aromatic rings. The predicted octanol–water partition coefficient (Wildman–Crippen LogP) is 3.06. The number of hydrogen-bond acceptors (Lipinski definition) is 2. The number of rotatable bonds is 6. The molecule has 3 N–H and O–H groups in total. The van der Waals surface area contributed by atoms with Crippen LogP contribution in [0.5, 0.6) is 0 Å². The van der Waals surface area contributed by atoms with Gasteiger partial charge in [-0.1, -0.05) is 55.4 Å². The zero-order valence-electron chi connectivity index (χ0n) is 15.4. The van der Waals surface area contributed by atoms with Crippen LogP contribution in [0.1, 0.15) is 55.4 Å². The summed E-state index contributed by atoms with van der Waals surface area (Å²) in [6, 6.07) is 0. The summed E-state index contributed by atoms with van der Waals surface area (Å²) in [5, 5.41) is 2.69. The molecule has 4 heteroatoms. The van der Waals surface area contributed by atoms with E-state index in [1.165, 1.54) is 0 Å². The minimum absolute atomic E-state index is 0.0278. The zero-order chi connectivity index (χ0) is 17.3.